The Labute approximate surface area is 261 Å². The van der Waals surface area contributed by atoms with Gasteiger partial charge in [0, 0.05) is 74.7 Å². The van der Waals surface area contributed by atoms with Crippen molar-refractivity contribution in [3.63, 3.8) is 0 Å². The molecule has 4 aromatic rings. The molecule has 0 saturated carbocycles. The maximum absolute atomic E-state index is 13.7. The van der Waals surface area contributed by atoms with E-state index in [1.165, 1.54) is 0 Å². The lowest BCUT2D eigenvalue weighted by molar-refractivity contribution is 0.0746. The molecule has 44 heavy (non-hydrogen) atoms. The van der Waals surface area contributed by atoms with Crippen LogP contribution in [0.25, 0.3) is 0 Å². The van der Waals surface area contributed by atoms with Crippen LogP contribution < -0.4 is 20.7 Å². The number of amides is 2. The Morgan fingerprint density at radius 1 is 0.773 bits per heavy atom. The maximum Gasteiger partial charge on any atom is 0.257 e. The lowest BCUT2D eigenvalue weighted by Gasteiger charge is -2.44. The number of pyridine rings is 1. The quantitative estimate of drug-likeness (QED) is 0.331. The van der Waals surface area contributed by atoms with Crippen LogP contribution in [-0.2, 0) is 6.54 Å². The molecule has 2 amide bonds. The van der Waals surface area contributed by atoms with E-state index in [9.17, 15) is 14.4 Å². The van der Waals surface area contributed by atoms with E-state index in [4.69, 9.17) is 11.6 Å². The standard InChI is InChI=1S/C35H34ClN5O3/c36-29-10-5-4-9-28(29)34(43)37-30-20-25(35(44)39-17-15-38(16-18-39)27-7-2-1-3-8-27)13-14-32(30)40-21-24-19-26(23-40)31-11-6-12-33(42)41(31)22-24/h1-14,20,24,26H,15-19,21-23H2,(H,37,43). The molecule has 9 heteroatoms. The van der Waals surface area contributed by atoms with Crippen LogP contribution in [0.5, 0.6) is 0 Å². The van der Waals surface area contributed by atoms with Gasteiger partial charge >= 0.3 is 0 Å². The fourth-order valence-corrected chi connectivity index (χ4v) is 7.18. The first-order valence-electron chi connectivity index (χ1n) is 15.2. The van der Waals surface area contributed by atoms with E-state index in [1.54, 1.807) is 36.4 Å². The van der Waals surface area contributed by atoms with Crippen LogP contribution in [-0.4, -0.2) is 60.5 Å². The van der Waals surface area contributed by atoms with Crippen molar-refractivity contribution in [3.05, 3.63) is 123 Å². The van der Waals surface area contributed by atoms with E-state index in [0.717, 1.165) is 43.1 Å². The fourth-order valence-electron chi connectivity index (χ4n) is 6.96. The monoisotopic (exact) mass is 607 g/mol. The van der Waals surface area contributed by atoms with Gasteiger partial charge in [-0.3, -0.25) is 14.4 Å². The smallest absolute Gasteiger partial charge is 0.257 e. The van der Waals surface area contributed by atoms with Gasteiger partial charge in [0.25, 0.3) is 17.4 Å². The first-order chi connectivity index (χ1) is 21.4. The van der Waals surface area contributed by atoms with Crippen molar-refractivity contribution in [2.24, 2.45) is 5.92 Å². The molecule has 2 atom stereocenters. The molecule has 3 aliphatic heterocycles. The molecule has 7 rings (SSSR count). The lowest BCUT2D eigenvalue weighted by atomic mass is 9.83. The zero-order chi connectivity index (χ0) is 30.2. The molecule has 0 aliphatic carbocycles. The first kappa shape index (κ1) is 28.2. The Kier molecular flexibility index (Phi) is 7.60. The number of nitrogens with zero attached hydrogens (tertiary/aromatic N) is 4. The molecule has 8 nitrogen and oxygen atoms in total. The predicted molar refractivity (Wildman–Crippen MR) is 174 cm³/mol. The van der Waals surface area contributed by atoms with Crippen LogP contribution in [0.2, 0.25) is 5.02 Å². The van der Waals surface area contributed by atoms with Gasteiger partial charge in [-0.05, 0) is 60.9 Å². The topological polar surface area (TPSA) is 77.9 Å². The van der Waals surface area contributed by atoms with Crippen molar-refractivity contribution in [2.75, 3.05) is 54.4 Å². The number of anilines is 3. The number of hydrogen-bond acceptors (Lipinski definition) is 5. The number of rotatable bonds is 5. The number of fused-ring (bicyclic) bond motifs is 4. The molecule has 3 aromatic carbocycles. The Morgan fingerprint density at radius 3 is 2.34 bits per heavy atom. The van der Waals surface area contributed by atoms with Crippen LogP contribution in [0.1, 0.15) is 38.7 Å². The molecule has 1 aromatic heterocycles. The summed E-state index contributed by atoms with van der Waals surface area (Å²) in [6.07, 6.45) is 1.02. The zero-order valence-electron chi connectivity index (χ0n) is 24.4. The molecule has 224 valence electrons. The zero-order valence-corrected chi connectivity index (χ0v) is 25.1. The minimum absolute atomic E-state index is 0.0470. The third kappa shape index (κ3) is 5.46. The number of nitrogens with one attached hydrogen (secondary N) is 1. The van der Waals surface area contributed by atoms with Crippen molar-refractivity contribution in [3.8, 4) is 0 Å². The van der Waals surface area contributed by atoms with E-state index in [0.29, 0.717) is 53.9 Å². The van der Waals surface area contributed by atoms with Gasteiger partial charge in [0.05, 0.1) is 22.0 Å². The van der Waals surface area contributed by atoms with Gasteiger partial charge < -0.3 is 24.6 Å². The number of carbonyl (C=O) groups excluding carboxylic acids is 2. The van der Waals surface area contributed by atoms with Gasteiger partial charge in [0.15, 0.2) is 0 Å². The minimum atomic E-state index is -0.327. The average molecular weight is 608 g/mol. The Morgan fingerprint density at radius 2 is 1.55 bits per heavy atom. The number of aromatic nitrogens is 1. The van der Waals surface area contributed by atoms with Crippen LogP contribution in [0.4, 0.5) is 17.1 Å². The van der Waals surface area contributed by atoms with E-state index < -0.39 is 0 Å². The Balaban J connectivity index is 1.16. The van der Waals surface area contributed by atoms with Crippen molar-refractivity contribution in [2.45, 2.75) is 18.9 Å². The molecule has 3 aliphatic rings. The largest absolute Gasteiger partial charge is 0.369 e. The van der Waals surface area contributed by atoms with E-state index in [1.807, 2.05) is 51.9 Å². The van der Waals surface area contributed by atoms with Crippen molar-refractivity contribution in [1.82, 2.24) is 9.47 Å². The molecule has 2 fully saturated rings. The average Bonchev–Trinajstić information content (AvgIpc) is 3.05. The fraction of sp³-hybridized carbons (Fsp3) is 0.286. The normalized spacial score (nSPS) is 19.3. The summed E-state index contributed by atoms with van der Waals surface area (Å²) in [5.74, 6) is 0.120. The second-order valence-corrected chi connectivity index (χ2v) is 12.3. The molecule has 0 radical (unpaired) electrons. The van der Waals surface area contributed by atoms with Crippen LogP contribution >= 0.6 is 11.6 Å². The Hall–Kier alpha value is -4.56. The molecular formula is C35H34ClN5O3. The van der Waals surface area contributed by atoms with Crippen LogP contribution in [0.3, 0.4) is 0 Å². The highest BCUT2D eigenvalue weighted by atomic mass is 35.5. The number of hydrogen-bond donors (Lipinski definition) is 1. The maximum atomic E-state index is 13.7. The Bertz CT molecular complexity index is 1770. The van der Waals surface area contributed by atoms with Gasteiger partial charge in [-0.1, -0.05) is 48.0 Å². The van der Waals surface area contributed by atoms with E-state index in [2.05, 4.69) is 27.2 Å². The second kappa shape index (κ2) is 11.8. The highest BCUT2D eigenvalue weighted by Crippen LogP contribution is 2.39. The van der Waals surface area contributed by atoms with Crippen molar-refractivity contribution in [1.29, 1.82) is 0 Å². The third-order valence-corrected chi connectivity index (χ3v) is 9.45. The van der Waals surface area contributed by atoms with Gasteiger partial charge in [0.2, 0.25) is 0 Å². The molecule has 4 heterocycles. The second-order valence-electron chi connectivity index (χ2n) is 11.9. The van der Waals surface area contributed by atoms with Gasteiger partial charge in [-0.15, -0.1) is 0 Å². The summed E-state index contributed by atoms with van der Waals surface area (Å²) in [6, 6.07) is 28.3. The van der Waals surface area contributed by atoms with Crippen molar-refractivity contribution >= 4 is 40.5 Å². The number of halogens is 1. The highest BCUT2D eigenvalue weighted by Gasteiger charge is 2.35. The predicted octanol–water partition coefficient (Wildman–Crippen LogP) is 5.34. The van der Waals surface area contributed by atoms with Gasteiger partial charge in [0.1, 0.15) is 0 Å². The summed E-state index contributed by atoms with van der Waals surface area (Å²) in [5, 5.41) is 3.45. The first-order valence-corrected chi connectivity index (χ1v) is 15.6. The lowest BCUT2D eigenvalue weighted by Crippen LogP contribution is -2.49. The van der Waals surface area contributed by atoms with E-state index in [-0.39, 0.29) is 23.3 Å². The molecule has 0 spiro atoms. The summed E-state index contributed by atoms with van der Waals surface area (Å²) in [7, 11) is 0. The highest BCUT2D eigenvalue weighted by molar-refractivity contribution is 6.34. The molecular weight excluding hydrogens is 574 g/mol. The minimum Gasteiger partial charge on any atom is -0.369 e. The summed E-state index contributed by atoms with van der Waals surface area (Å²) < 4.78 is 1.91. The number of carbonyl (C=O) groups is 2. The SMILES string of the molecule is O=C(Nc1cc(C(=O)N2CCN(c3ccccc3)CC2)ccc1N1CC2CC(C1)c1cccc(=O)n1C2)c1ccccc1Cl. The molecule has 2 bridgehead atoms. The molecule has 1 N–H and O–H groups in total. The summed E-state index contributed by atoms with van der Waals surface area (Å²) >= 11 is 6.37. The third-order valence-electron chi connectivity index (χ3n) is 9.12. The summed E-state index contributed by atoms with van der Waals surface area (Å²) in [4.78, 5) is 46.2. The molecule has 2 unspecified atom stereocenters. The van der Waals surface area contributed by atoms with E-state index >= 15 is 0 Å². The summed E-state index contributed by atoms with van der Waals surface area (Å²) in [6.45, 7) is 4.88. The van der Waals surface area contributed by atoms with Gasteiger partial charge in [-0.2, -0.15) is 0 Å². The van der Waals surface area contributed by atoms with Crippen LogP contribution in [0.15, 0.2) is 95.8 Å². The van der Waals surface area contributed by atoms with Crippen molar-refractivity contribution < 1.29 is 9.59 Å². The number of piperazine rings is 1. The number of piperidine rings is 1. The number of para-hydroxylation sites is 1. The summed E-state index contributed by atoms with van der Waals surface area (Å²) in [5.41, 5.74) is 4.61. The van der Waals surface area contributed by atoms with Crippen LogP contribution in [0, 0.1) is 5.92 Å². The number of benzene rings is 3. The molecule has 2 saturated heterocycles. The van der Waals surface area contributed by atoms with Gasteiger partial charge in [-0.25, -0.2) is 0 Å².